The summed E-state index contributed by atoms with van der Waals surface area (Å²) >= 11 is 1.69. The summed E-state index contributed by atoms with van der Waals surface area (Å²) in [6, 6.07) is 6.20. The highest BCUT2D eigenvalue weighted by atomic mass is 32.1. The third-order valence-corrected chi connectivity index (χ3v) is 5.45. The van der Waals surface area contributed by atoms with Gasteiger partial charge in [-0.1, -0.05) is 0 Å². The summed E-state index contributed by atoms with van der Waals surface area (Å²) < 4.78 is 3.33. The van der Waals surface area contributed by atoms with Crippen molar-refractivity contribution in [1.82, 2.24) is 19.4 Å². The first-order valence-corrected chi connectivity index (χ1v) is 9.43. The van der Waals surface area contributed by atoms with Crippen LogP contribution in [0.15, 0.2) is 36.0 Å². The van der Waals surface area contributed by atoms with Gasteiger partial charge >= 0.3 is 0 Å². The predicted octanol–water partition coefficient (Wildman–Crippen LogP) is 3.04. The highest BCUT2D eigenvalue weighted by Crippen LogP contribution is 2.29. The van der Waals surface area contributed by atoms with Crippen LogP contribution >= 0.6 is 11.3 Å². The van der Waals surface area contributed by atoms with E-state index in [0.717, 1.165) is 30.2 Å². The number of hydrogen-bond donors (Lipinski definition) is 0. The van der Waals surface area contributed by atoms with Gasteiger partial charge in [0.2, 0.25) is 5.95 Å². The number of nitrogens with zero attached hydrogens (tertiary/aromatic N) is 5. The maximum absolute atomic E-state index is 13.1. The van der Waals surface area contributed by atoms with Crippen molar-refractivity contribution in [3.63, 3.8) is 0 Å². The Hall–Kier alpha value is -2.41. The number of rotatable bonds is 3. The quantitative estimate of drug-likeness (QED) is 0.725. The minimum atomic E-state index is 0.116. The Bertz CT molecular complexity index is 877. The molecule has 1 saturated heterocycles. The van der Waals surface area contributed by atoms with Gasteiger partial charge in [-0.15, -0.1) is 11.3 Å². The first-order chi connectivity index (χ1) is 12.1. The van der Waals surface area contributed by atoms with Crippen molar-refractivity contribution >= 4 is 33.4 Å². The highest BCUT2D eigenvalue weighted by Gasteiger charge is 2.27. The van der Waals surface area contributed by atoms with Crippen molar-refractivity contribution in [2.45, 2.75) is 19.9 Å². The van der Waals surface area contributed by atoms with Crippen LogP contribution in [0.4, 0.5) is 5.95 Å². The summed E-state index contributed by atoms with van der Waals surface area (Å²) in [6.45, 7) is 7.14. The molecule has 130 valence electrons. The van der Waals surface area contributed by atoms with Crippen molar-refractivity contribution in [2.24, 2.45) is 0 Å². The smallest absolute Gasteiger partial charge is 0.270 e. The third kappa shape index (κ3) is 2.89. The third-order valence-electron chi connectivity index (χ3n) is 4.60. The Morgan fingerprint density at radius 3 is 2.56 bits per heavy atom. The van der Waals surface area contributed by atoms with Gasteiger partial charge in [-0.3, -0.25) is 4.79 Å². The van der Waals surface area contributed by atoms with Crippen molar-refractivity contribution in [3.8, 4) is 0 Å². The number of piperazine rings is 1. The number of anilines is 1. The Labute approximate surface area is 150 Å². The van der Waals surface area contributed by atoms with E-state index in [2.05, 4.69) is 44.7 Å². The average molecular weight is 355 g/mol. The first kappa shape index (κ1) is 16.1. The van der Waals surface area contributed by atoms with Crippen LogP contribution in [0, 0.1) is 0 Å². The second kappa shape index (κ2) is 6.48. The second-order valence-electron chi connectivity index (χ2n) is 6.49. The molecule has 0 spiro atoms. The lowest BCUT2D eigenvalue weighted by molar-refractivity contribution is 0.0734. The SMILES string of the molecule is CC(C)n1c(C(=O)N2CCN(c3ncccn3)CC2)cc2sccc21. The van der Waals surface area contributed by atoms with E-state index >= 15 is 0 Å². The van der Waals surface area contributed by atoms with Gasteiger partial charge in [0.05, 0.1) is 10.2 Å². The van der Waals surface area contributed by atoms with Gasteiger partial charge in [-0.2, -0.15) is 0 Å². The van der Waals surface area contributed by atoms with Crippen LogP contribution in [0.5, 0.6) is 0 Å². The second-order valence-corrected chi connectivity index (χ2v) is 7.44. The number of fused-ring (bicyclic) bond motifs is 1. The molecule has 1 aliphatic rings. The summed E-state index contributed by atoms with van der Waals surface area (Å²) in [7, 11) is 0. The molecular weight excluding hydrogens is 334 g/mol. The molecule has 7 heteroatoms. The molecule has 1 fully saturated rings. The maximum Gasteiger partial charge on any atom is 0.270 e. The van der Waals surface area contributed by atoms with Crippen LogP contribution in [0.3, 0.4) is 0 Å². The fourth-order valence-electron chi connectivity index (χ4n) is 3.39. The number of amides is 1. The van der Waals surface area contributed by atoms with Gasteiger partial charge in [0.1, 0.15) is 5.69 Å². The number of carbonyl (C=O) groups excluding carboxylic acids is 1. The molecule has 25 heavy (non-hydrogen) atoms. The molecule has 0 aliphatic carbocycles. The summed E-state index contributed by atoms with van der Waals surface area (Å²) in [5, 5.41) is 2.08. The van der Waals surface area contributed by atoms with Crippen molar-refractivity contribution in [2.75, 3.05) is 31.1 Å². The molecule has 0 atom stereocenters. The monoisotopic (exact) mass is 355 g/mol. The Balaban J connectivity index is 1.53. The van der Waals surface area contributed by atoms with Gasteiger partial charge in [-0.25, -0.2) is 9.97 Å². The first-order valence-electron chi connectivity index (χ1n) is 8.55. The molecule has 0 N–H and O–H groups in total. The van der Waals surface area contributed by atoms with Crippen LogP contribution in [0.25, 0.3) is 10.2 Å². The summed E-state index contributed by atoms with van der Waals surface area (Å²) in [5.41, 5.74) is 1.95. The zero-order chi connectivity index (χ0) is 17.4. The number of thiophene rings is 1. The van der Waals surface area contributed by atoms with Gasteiger partial charge in [-0.05, 0) is 37.4 Å². The molecule has 0 bridgehead atoms. The van der Waals surface area contributed by atoms with E-state index in [-0.39, 0.29) is 11.9 Å². The van der Waals surface area contributed by atoms with E-state index in [4.69, 9.17) is 0 Å². The number of hydrogen-bond acceptors (Lipinski definition) is 5. The largest absolute Gasteiger partial charge is 0.337 e. The fraction of sp³-hybridized carbons (Fsp3) is 0.389. The lowest BCUT2D eigenvalue weighted by atomic mass is 10.2. The van der Waals surface area contributed by atoms with E-state index < -0.39 is 0 Å². The maximum atomic E-state index is 13.1. The minimum absolute atomic E-state index is 0.116. The van der Waals surface area contributed by atoms with Crippen molar-refractivity contribution in [3.05, 3.63) is 41.7 Å². The lowest BCUT2D eigenvalue weighted by Crippen LogP contribution is -2.49. The molecule has 6 nitrogen and oxygen atoms in total. The van der Waals surface area contributed by atoms with Crippen LogP contribution in [0.2, 0.25) is 0 Å². The number of carbonyl (C=O) groups is 1. The topological polar surface area (TPSA) is 54.3 Å². The normalized spacial score (nSPS) is 15.3. The standard InChI is InChI=1S/C18H21N5OS/c1-13(2)23-14-4-11-25-16(14)12-15(23)17(24)21-7-9-22(10-8-21)18-19-5-3-6-20-18/h3-6,11-13H,7-10H2,1-2H3. The molecular formula is C18H21N5OS. The molecule has 1 aliphatic heterocycles. The molecule has 1 amide bonds. The van der Waals surface area contributed by atoms with Crippen LogP contribution in [0.1, 0.15) is 30.4 Å². The molecule has 4 heterocycles. The summed E-state index contributed by atoms with van der Waals surface area (Å²) in [5.74, 6) is 0.853. The van der Waals surface area contributed by atoms with Gasteiger partial charge in [0.15, 0.2) is 0 Å². The molecule has 0 unspecified atom stereocenters. The van der Waals surface area contributed by atoms with E-state index in [0.29, 0.717) is 13.1 Å². The molecule has 0 aromatic carbocycles. The Kier molecular flexibility index (Phi) is 4.17. The minimum Gasteiger partial charge on any atom is -0.337 e. The van der Waals surface area contributed by atoms with Gasteiger partial charge < -0.3 is 14.4 Å². The predicted molar refractivity (Wildman–Crippen MR) is 100 cm³/mol. The number of aromatic nitrogens is 3. The summed E-state index contributed by atoms with van der Waals surface area (Å²) in [6.07, 6.45) is 3.50. The van der Waals surface area contributed by atoms with E-state index in [1.807, 2.05) is 17.0 Å². The van der Waals surface area contributed by atoms with Crippen LogP contribution < -0.4 is 4.90 Å². The zero-order valence-electron chi connectivity index (χ0n) is 14.4. The average Bonchev–Trinajstić information content (AvgIpc) is 3.22. The Morgan fingerprint density at radius 1 is 1.16 bits per heavy atom. The molecule has 0 radical (unpaired) electrons. The lowest BCUT2D eigenvalue weighted by Gasteiger charge is -2.35. The van der Waals surface area contributed by atoms with Crippen LogP contribution in [-0.4, -0.2) is 51.5 Å². The van der Waals surface area contributed by atoms with Gasteiger partial charge in [0, 0.05) is 44.6 Å². The van der Waals surface area contributed by atoms with Crippen molar-refractivity contribution < 1.29 is 4.79 Å². The van der Waals surface area contributed by atoms with Gasteiger partial charge in [0.25, 0.3) is 5.91 Å². The molecule has 0 saturated carbocycles. The summed E-state index contributed by atoms with van der Waals surface area (Å²) in [4.78, 5) is 25.8. The molecule has 3 aromatic heterocycles. The zero-order valence-corrected chi connectivity index (χ0v) is 15.2. The van der Waals surface area contributed by atoms with E-state index in [1.54, 1.807) is 23.7 Å². The highest BCUT2D eigenvalue weighted by molar-refractivity contribution is 7.17. The molecule has 3 aromatic rings. The van der Waals surface area contributed by atoms with E-state index in [9.17, 15) is 4.79 Å². The Morgan fingerprint density at radius 2 is 1.88 bits per heavy atom. The van der Waals surface area contributed by atoms with E-state index in [1.165, 1.54) is 4.70 Å². The fourth-order valence-corrected chi connectivity index (χ4v) is 4.20. The van der Waals surface area contributed by atoms with Crippen molar-refractivity contribution in [1.29, 1.82) is 0 Å². The van der Waals surface area contributed by atoms with Crippen LogP contribution in [-0.2, 0) is 0 Å². The molecule has 4 rings (SSSR count).